The molecule has 0 N–H and O–H groups in total. The minimum atomic E-state index is 0.263. The van der Waals surface area contributed by atoms with Gasteiger partial charge in [-0.15, -0.1) is 0 Å². The van der Waals surface area contributed by atoms with Crippen LogP contribution in [0.25, 0.3) is 0 Å². The number of piperidine rings is 1. The van der Waals surface area contributed by atoms with Crippen LogP contribution < -0.4 is 0 Å². The van der Waals surface area contributed by atoms with E-state index in [-0.39, 0.29) is 5.91 Å². The van der Waals surface area contributed by atoms with Crippen molar-refractivity contribution in [2.24, 2.45) is 0 Å². The Morgan fingerprint density at radius 2 is 1.67 bits per heavy atom. The third-order valence-electron chi connectivity index (χ3n) is 4.43. The summed E-state index contributed by atoms with van der Waals surface area (Å²) in [5, 5.41) is 8.77. The maximum absolute atomic E-state index is 12.2. The third kappa shape index (κ3) is 3.52. The van der Waals surface area contributed by atoms with E-state index in [1.165, 1.54) is 12.8 Å². The average molecular weight is 280 g/mol. The molecule has 3 rings (SSSR count). The number of benzene rings is 1. The molecule has 1 heterocycles. The molecule has 1 aliphatic heterocycles. The van der Waals surface area contributed by atoms with Crippen molar-refractivity contribution in [3.05, 3.63) is 46.5 Å². The Morgan fingerprint density at radius 1 is 1.05 bits per heavy atom. The van der Waals surface area contributed by atoms with E-state index in [0.717, 1.165) is 37.9 Å². The highest BCUT2D eigenvalue weighted by Gasteiger charge is 2.24. The van der Waals surface area contributed by atoms with Crippen LogP contribution in [0.1, 0.15) is 43.2 Å². The molecule has 0 unspecified atom stereocenters. The molecule has 2 fully saturated rings. The summed E-state index contributed by atoms with van der Waals surface area (Å²) in [7, 11) is 0. The van der Waals surface area contributed by atoms with Gasteiger partial charge >= 0.3 is 0 Å². The fraction of sp³-hybridized carbons (Fsp3) is 0.444. The standard InChI is InChI=1S/C18H20N2O/c19-13-15-3-1-14(2-4-15)5-8-18(21)20-11-9-17(10-12-20)16-6-7-16/h1-4H,5-12H2. The predicted molar refractivity (Wildman–Crippen MR) is 81.6 cm³/mol. The van der Waals surface area contributed by atoms with E-state index in [1.807, 2.05) is 29.2 Å². The average Bonchev–Trinajstić information content (AvgIpc) is 3.38. The number of allylic oxidation sites excluding steroid dienone is 1. The predicted octanol–water partition coefficient (Wildman–Crippen LogP) is 3.20. The molecular formula is C18H20N2O. The number of rotatable bonds is 3. The Morgan fingerprint density at radius 3 is 2.24 bits per heavy atom. The molecule has 1 saturated heterocycles. The number of hydrogen-bond acceptors (Lipinski definition) is 2. The highest BCUT2D eigenvalue weighted by atomic mass is 16.2. The largest absolute Gasteiger partial charge is 0.342 e. The van der Waals surface area contributed by atoms with Crippen molar-refractivity contribution in [3.8, 4) is 6.07 Å². The maximum Gasteiger partial charge on any atom is 0.222 e. The lowest BCUT2D eigenvalue weighted by atomic mass is 10.0. The van der Waals surface area contributed by atoms with E-state index in [0.29, 0.717) is 12.0 Å². The summed E-state index contributed by atoms with van der Waals surface area (Å²) in [6, 6.07) is 9.62. The minimum absolute atomic E-state index is 0.263. The van der Waals surface area contributed by atoms with Crippen LogP contribution in [0.15, 0.2) is 35.4 Å². The molecular weight excluding hydrogens is 260 g/mol. The highest BCUT2D eigenvalue weighted by molar-refractivity contribution is 5.76. The highest BCUT2D eigenvalue weighted by Crippen LogP contribution is 2.36. The first-order valence-corrected chi connectivity index (χ1v) is 7.73. The van der Waals surface area contributed by atoms with Gasteiger partial charge in [-0.05, 0) is 49.8 Å². The second-order valence-electron chi connectivity index (χ2n) is 5.90. The number of nitrogens with zero attached hydrogens (tertiary/aromatic N) is 2. The number of amides is 1. The van der Waals surface area contributed by atoms with Crippen LogP contribution in [0.5, 0.6) is 0 Å². The Kier molecular flexibility index (Phi) is 4.06. The van der Waals surface area contributed by atoms with Crippen molar-refractivity contribution >= 4 is 5.91 Å². The molecule has 0 atom stereocenters. The molecule has 1 saturated carbocycles. The van der Waals surface area contributed by atoms with Crippen LogP contribution in [0, 0.1) is 11.3 Å². The third-order valence-corrected chi connectivity index (χ3v) is 4.43. The molecule has 21 heavy (non-hydrogen) atoms. The van der Waals surface area contributed by atoms with Crippen molar-refractivity contribution in [1.82, 2.24) is 4.90 Å². The Bertz CT molecular complexity index is 591. The molecule has 1 aliphatic carbocycles. The number of hydrogen-bond donors (Lipinski definition) is 0. The smallest absolute Gasteiger partial charge is 0.222 e. The lowest BCUT2D eigenvalue weighted by Crippen LogP contribution is -2.36. The van der Waals surface area contributed by atoms with Gasteiger partial charge in [0.25, 0.3) is 0 Å². The van der Waals surface area contributed by atoms with Crippen LogP contribution in [-0.2, 0) is 11.2 Å². The van der Waals surface area contributed by atoms with E-state index >= 15 is 0 Å². The number of nitriles is 1. The summed E-state index contributed by atoms with van der Waals surface area (Å²) in [5.74, 6) is 0.263. The molecule has 3 nitrogen and oxygen atoms in total. The number of aryl methyl sites for hydroxylation is 1. The molecule has 108 valence electrons. The van der Waals surface area contributed by atoms with Gasteiger partial charge in [-0.1, -0.05) is 23.3 Å². The SMILES string of the molecule is N#Cc1ccc(CCC(=O)N2CCC(=C3CC3)CC2)cc1. The van der Waals surface area contributed by atoms with Crippen LogP contribution in [-0.4, -0.2) is 23.9 Å². The summed E-state index contributed by atoms with van der Waals surface area (Å²) in [6.07, 6.45) is 6.08. The summed E-state index contributed by atoms with van der Waals surface area (Å²) >= 11 is 0. The van der Waals surface area contributed by atoms with Gasteiger partial charge in [-0.2, -0.15) is 5.26 Å². The van der Waals surface area contributed by atoms with Crippen molar-refractivity contribution in [3.63, 3.8) is 0 Å². The summed E-state index contributed by atoms with van der Waals surface area (Å²) in [6.45, 7) is 1.79. The molecule has 0 spiro atoms. The van der Waals surface area contributed by atoms with Crippen LogP contribution in [0.2, 0.25) is 0 Å². The Hall–Kier alpha value is -2.08. The molecule has 0 aromatic heterocycles. The first-order valence-electron chi connectivity index (χ1n) is 7.73. The molecule has 1 amide bonds. The minimum Gasteiger partial charge on any atom is -0.342 e. The molecule has 0 bridgehead atoms. The molecule has 1 aromatic rings. The van der Waals surface area contributed by atoms with Gasteiger partial charge in [-0.3, -0.25) is 4.79 Å². The van der Waals surface area contributed by atoms with Gasteiger partial charge in [0.15, 0.2) is 0 Å². The first kappa shape index (κ1) is 13.9. The van der Waals surface area contributed by atoms with Gasteiger partial charge in [0.05, 0.1) is 11.6 Å². The van der Waals surface area contributed by atoms with Crippen molar-refractivity contribution in [2.75, 3.05) is 13.1 Å². The monoisotopic (exact) mass is 280 g/mol. The first-order chi connectivity index (χ1) is 10.3. The number of likely N-dealkylation sites (tertiary alicyclic amines) is 1. The van der Waals surface area contributed by atoms with Gasteiger partial charge in [0.2, 0.25) is 5.91 Å². The normalized spacial score (nSPS) is 17.6. The second-order valence-corrected chi connectivity index (χ2v) is 5.90. The second kappa shape index (κ2) is 6.13. The van der Waals surface area contributed by atoms with Crippen molar-refractivity contribution < 1.29 is 4.79 Å². The van der Waals surface area contributed by atoms with Gasteiger partial charge in [0, 0.05) is 19.5 Å². The van der Waals surface area contributed by atoms with Crippen LogP contribution in [0.4, 0.5) is 0 Å². The zero-order valence-corrected chi connectivity index (χ0v) is 12.3. The topological polar surface area (TPSA) is 44.1 Å². The van der Waals surface area contributed by atoms with Crippen molar-refractivity contribution in [1.29, 1.82) is 5.26 Å². The molecule has 2 aliphatic rings. The van der Waals surface area contributed by atoms with Crippen LogP contribution >= 0.6 is 0 Å². The quantitative estimate of drug-likeness (QED) is 0.798. The molecule has 3 heteroatoms. The van der Waals surface area contributed by atoms with E-state index < -0.39 is 0 Å². The fourth-order valence-corrected chi connectivity index (χ4v) is 2.95. The maximum atomic E-state index is 12.2. The van der Waals surface area contributed by atoms with E-state index in [2.05, 4.69) is 6.07 Å². The number of carbonyl (C=O) groups excluding carboxylic acids is 1. The van der Waals surface area contributed by atoms with E-state index in [9.17, 15) is 4.79 Å². The lowest BCUT2D eigenvalue weighted by molar-refractivity contribution is -0.131. The zero-order valence-electron chi connectivity index (χ0n) is 12.3. The zero-order chi connectivity index (χ0) is 14.7. The van der Waals surface area contributed by atoms with Gasteiger partial charge in [-0.25, -0.2) is 0 Å². The number of carbonyl (C=O) groups is 1. The van der Waals surface area contributed by atoms with Gasteiger partial charge < -0.3 is 4.90 Å². The Labute approximate surface area is 125 Å². The Balaban J connectivity index is 1.48. The summed E-state index contributed by atoms with van der Waals surface area (Å²) < 4.78 is 0. The summed E-state index contributed by atoms with van der Waals surface area (Å²) in [4.78, 5) is 14.3. The molecule has 0 radical (unpaired) electrons. The lowest BCUT2D eigenvalue weighted by Gasteiger charge is -2.28. The van der Waals surface area contributed by atoms with E-state index in [1.54, 1.807) is 11.1 Å². The summed E-state index contributed by atoms with van der Waals surface area (Å²) in [5.41, 5.74) is 5.06. The fourth-order valence-electron chi connectivity index (χ4n) is 2.95. The van der Waals surface area contributed by atoms with Crippen molar-refractivity contribution in [2.45, 2.75) is 38.5 Å². The molecule has 1 aromatic carbocycles. The van der Waals surface area contributed by atoms with Gasteiger partial charge in [0.1, 0.15) is 0 Å². The van der Waals surface area contributed by atoms with Crippen LogP contribution in [0.3, 0.4) is 0 Å². The van der Waals surface area contributed by atoms with E-state index in [4.69, 9.17) is 5.26 Å².